The molecule has 5 rings (SSSR count). The van der Waals surface area contributed by atoms with Crippen LogP contribution in [0.1, 0.15) is 38.2 Å². The highest BCUT2D eigenvalue weighted by Crippen LogP contribution is 2.39. The maximum Gasteiger partial charge on any atom is 0.229 e. The summed E-state index contributed by atoms with van der Waals surface area (Å²) in [6.07, 6.45) is 7.18. The number of piperazine rings is 1. The Balaban J connectivity index is 1.37. The van der Waals surface area contributed by atoms with E-state index in [2.05, 4.69) is 79.2 Å². The number of aromatic nitrogens is 2. The van der Waals surface area contributed by atoms with Crippen LogP contribution in [0, 0.1) is 0 Å². The van der Waals surface area contributed by atoms with Crippen LogP contribution in [0.4, 0.5) is 23.1 Å². The first-order chi connectivity index (χ1) is 14.7. The van der Waals surface area contributed by atoms with Crippen molar-refractivity contribution in [3.8, 4) is 0 Å². The van der Waals surface area contributed by atoms with Crippen molar-refractivity contribution < 1.29 is 0 Å². The van der Waals surface area contributed by atoms with Gasteiger partial charge in [-0.1, -0.05) is 12.8 Å². The molecule has 6 nitrogen and oxygen atoms in total. The van der Waals surface area contributed by atoms with E-state index in [1.165, 1.54) is 46.1 Å². The number of nitrogens with one attached hydrogen (secondary N) is 2. The van der Waals surface area contributed by atoms with Crippen LogP contribution in [-0.4, -0.2) is 48.7 Å². The van der Waals surface area contributed by atoms with Gasteiger partial charge in [0, 0.05) is 58.9 Å². The molecule has 7 heteroatoms. The summed E-state index contributed by atoms with van der Waals surface area (Å²) >= 11 is 2.49. The number of hydrogen-bond donors (Lipinski definition) is 2. The predicted octanol–water partition coefficient (Wildman–Crippen LogP) is 4.56. The molecule has 30 heavy (non-hydrogen) atoms. The zero-order valence-corrected chi connectivity index (χ0v) is 19.7. The van der Waals surface area contributed by atoms with Gasteiger partial charge in [0.1, 0.15) is 5.82 Å². The van der Waals surface area contributed by atoms with E-state index in [1.54, 1.807) is 0 Å². The first-order valence-corrected chi connectivity index (χ1v) is 12.1. The summed E-state index contributed by atoms with van der Waals surface area (Å²) in [5.74, 6) is 1.77. The standard InChI is InChI=1S/C23H29IN6/c1-16-20-14-26-23(28-22(20)30(15-21(16)24)19-4-2-3-5-19)27-17-6-8-18(9-7-17)29-12-10-25-11-13-29/h6-9,14,19,25H,2-5,10-13,15H2,1H3,(H,26,27,28). The molecule has 2 fully saturated rings. The minimum absolute atomic E-state index is 0.600. The number of benzene rings is 1. The van der Waals surface area contributed by atoms with Crippen LogP contribution in [0.25, 0.3) is 5.57 Å². The molecular weight excluding hydrogens is 487 g/mol. The molecule has 0 spiro atoms. The number of anilines is 4. The van der Waals surface area contributed by atoms with E-state index in [0.717, 1.165) is 44.2 Å². The number of halogens is 1. The molecule has 2 N–H and O–H groups in total. The molecule has 0 amide bonds. The highest BCUT2D eigenvalue weighted by Gasteiger charge is 2.30. The highest BCUT2D eigenvalue weighted by molar-refractivity contribution is 14.1. The minimum atomic E-state index is 0.600. The largest absolute Gasteiger partial charge is 0.369 e. The Kier molecular flexibility index (Phi) is 5.82. The van der Waals surface area contributed by atoms with Gasteiger partial charge < -0.3 is 20.4 Å². The van der Waals surface area contributed by atoms with Crippen LogP contribution >= 0.6 is 22.6 Å². The van der Waals surface area contributed by atoms with Crippen LogP contribution in [0.15, 0.2) is 34.0 Å². The van der Waals surface area contributed by atoms with Crippen LogP contribution in [-0.2, 0) is 0 Å². The number of fused-ring (bicyclic) bond motifs is 1. The molecule has 1 aliphatic carbocycles. The van der Waals surface area contributed by atoms with E-state index in [-0.39, 0.29) is 0 Å². The second-order valence-corrected chi connectivity index (χ2v) is 9.74. The summed E-state index contributed by atoms with van der Waals surface area (Å²) in [6, 6.07) is 9.23. The lowest BCUT2D eigenvalue weighted by Crippen LogP contribution is -2.43. The molecule has 3 aliphatic rings. The summed E-state index contributed by atoms with van der Waals surface area (Å²) in [6.45, 7) is 7.38. The fraction of sp³-hybridized carbons (Fsp3) is 0.478. The molecule has 3 heterocycles. The van der Waals surface area contributed by atoms with Gasteiger partial charge >= 0.3 is 0 Å². The van der Waals surface area contributed by atoms with Crippen LogP contribution < -0.4 is 20.4 Å². The van der Waals surface area contributed by atoms with Gasteiger partial charge in [-0.2, -0.15) is 4.98 Å². The fourth-order valence-electron chi connectivity index (χ4n) is 4.73. The van der Waals surface area contributed by atoms with Crippen molar-refractivity contribution in [2.24, 2.45) is 0 Å². The smallest absolute Gasteiger partial charge is 0.229 e. The van der Waals surface area contributed by atoms with Crippen molar-refractivity contribution in [2.45, 2.75) is 38.6 Å². The molecule has 0 radical (unpaired) electrons. The third-order valence-electron chi connectivity index (χ3n) is 6.53. The average molecular weight is 516 g/mol. The van der Waals surface area contributed by atoms with Gasteiger partial charge in [-0.3, -0.25) is 0 Å². The summed E-state index contributed by atoms with van der Waals surface area (Å²) in [5.41, 5.74) is 4.79. The lowest BCUT2D eigenvalue weighted by molar-refractivity contribution is 0.589. The molecule has 1 aromatic heterocycles. The van der Waals surface area contributed by atoms with Gasteiger partial charge in [0.2, 0.25) is 5.95 Å². The molecule has 0 unspecified atom stereocenters. The highest BCUT2D eigenvalue weighted by atomic mass is 127. The Hall–Kier alpha value is -1.87. The van der Waals surface area contributed by atoms with E-state index in [1.807, 2.05) is 6.20 Å². The Morgan fingerprint density at radius 1 is 1.10 bits per heavy atom. The molecule has 1 saturated carbocycles. The lowest BCUT2D eigenvalue weighted by Gasteiger charge is -2.35. The van der Waals surface area contributed by atoms with Gasteiger partial charge in [0.25, 0.3) is 0 Å². The quantitative estimate of drug-likeness (QED) is 0.582. The molecule has 0 bridgehead atoms. The monoisotopic (exact) mass is 516 g/mol. The summed E-state index contributed by atoms with van der Waals surface area (Å²) in [7, 11) is 0. The third-order valence-corrected chi connectivity index (χ3v) is 7.68. The van der Waals surface area contributed by atoms with Crippen molar-refractivity contribution in [3.05, 3.63) is 39.6 Å². The predicted molar refractivity (Wildman–Crippen MR) is 133 cm³/mol. The Morgan fingerprint density at radius 3 is 2.57 bits per heavy atom. The first kappa shape index (κ1) is 20.1. The van der Waals surface area contributed by atoms with Crippen LogP contribution in [0.3, 0.4) is 0 Å². The second kappa shape index (κ2) is 8.70. The second-order valence-electron chi connectivity index (χ2n) is 8.44. The SMILES string of the molecule is CC1=C(I)CN(C2CCCC2)c2nc(Nc3ccc(N4CCNCC4)cc3)ncc21. The molecule has 1 aromatic carbocycles. The Morgan fingerprint density at radius 2 is 1.83 bits per heavy atom. The van der Waals surface area contributed by atoms with Crippen LogP contribution in [0.5, 0.6) is 0 Å². The molecule has 0 atom stereocenters. The summed E-state index contributed by atoms with van der Waals surface area (Å²) in [4.78, 5) is 14.6. The van der Waals surface area contributed by atoms with Gasteiger partial charge in [-0.15, -0.1) is 0 Å². The molecule has 1 saturated heterocycles. The van der Waals surface area contributed by atoms with Gasteiger partial charge in [0.05, 0.1) is 6.54 Å². The topological polar surface area (TPSA) is 56.3 Å². The van der Waals surface area contributed by atoms with Crippen molar-refractivity contribution in [3.63, 3.8) is 0 Å². The van der Waals surface area contributed by atoms with Crippen LogP contribution in [0.2, 0.25) is 0 Å². The number of allylic oxidation sites excluding steroid dienone is 1. The lowest BCUT2D eigenvalue weighted by atomic mass is 10.0. The van der Waals surface area contributed by atoms with E-state index < -0.39 is 0 Å². The van der Waals surface area contributed by atoms with Crippen molar-refractivity contribution in [1.29, 1.82) is 0 Å². The van der Waals surface area contributed by atoms with E-state index >= 15 is 0 Å². The number of rotatable bonds is 4. The molecule has 2 aliphatic heterocycles. The van der Waals surface area contributed by atoms with Crippen molar-refractivity contribution >= 4 is 51.3 Å². The van der Waals surface area contributed by atoms with E-state index in [4.69, 9.17) is 4.98 Å². The zero-order valence-electron chi connectivity index (χ0n) is 17.5. The summed E-state index contributed by atoms with van der Waals surface area (Å²) in [5, 5.41) is 6.83. The van der Waals surface area contributed by atoms with E-state index in [0.29, 0.717) is 12.0 Å². The van der Waals surface area contributed by atoms with E-state index in [9.17, 15) is 0 Å². The molecular formula is C23H29IN6. The minimum Gasteiger partial charge on any atom is -0.369 e. The first-order valence-electron chi connectivity index (χ1n) is 11.0. The van der Waals surface area contributed by atoms with Gasteiger partial charge in [-0.05, 0) is 72.2 Å². The molecule has 158 valence electrons. The van der Waals surface area contributed by atoms with Crippen molar-refractivity contribution in [2.75, 3.05) is 47.8 Å². The summed E-state index contributed by atoms with van der Waals surface area (Å²) < 4.78 is 1.40. The van der Waals surface area contributed by atoms with Crippen molar-refractivity contribution in [1.82, 2.24) is 15.3 Å². The number of nitrogens with zero attached hydrogens (tertiary/aromatic N) is 4. The normalized spacial score (nSPS) is 19.9. The maximum absolute atomic E-state index is 4.98. The Bertz CT molecular complexity index is 929. The van der Waals surface area contributed by atoms with Gasteiger partial charge in [-0.25, -0.2) is 4.98 Å². The maximum atomic E-state index is 4.98. The fourth-order valence-corrected chi connectivity index (χ4v) is 5.39. The average Bonchev–Trinajstić information content (AvgIpc) is 3.32. The third kappa shape index (κ3) is 4.01. The zero-order chi connectivity index (χ0) is 20.5. The Labute approximate surface area is 192 Å². The number of hydrogen-bond acceptors (Lipinski definition) is 6. The van der Waals surface area contributed by atoms with Gasteiger partial charge in [0.15, 0.2) is 0 Å². The molecule has 2 aromatic rings.